The van der Waals surface area contributed by atoms with E-state index in [2.05, 4.69) is 9.88 Å². The first-order valence-electron chi connectivity index (χ1n) is 10.5. The third-order valence-corrected chi connectivity index (χ3v) is 7.96. The van der Waals surface area contributed by atoms with Crippen LogP contribution in [-0.2, 0) is 29.4 Å². The van der Waals surface area contributed by atoms with Crippen LogP contribution in [-0.4, -0.2) is 48.8 Å². The first-order valence-corrected chi connectivity index (χ1v) is 12.0. The largest absolute Gasteiger partial charge is 0.444 e. The van der Waals surface area contributed by atoms with Gasteiger partial charge >= 0.3 is 0 Å². The maximum atomic E-state index is 13.1. The molecule has 0 unspecified atom stereocenters. The summed E-state index contributed by atoms with van der Waals surface area (Å²) in [4.78, 5) is 7.06. The smallest absolute Gasteiger partial charge is 0.243 e. The maximum Gasteiger partial charge on any atom is 0.243 e. The molecule has 1 aliphatic heterocycles. The number of oxazole rings is 1. The lowest BCUT2D eigenvalue weighted by atomic mass is 10.1. The summed E-state index contributed by atoms with van der Waals surface area (Å²) in [5.74, 6) is 0.149. The number of aromatic nitrogens is 1. The Morgan fingerprint density at radius 3 is 2.48 bits per heavy atom. The quantitative estimate of drug-likeness (QED) is 0.607. The molecule has 1 aliphatic carbocycles. The number of sulfonamides is 1. The van der Waals surface area contributed by atoms with E-state index in [9.17, 15) is 12.8 Å². The first kappa shape index (κ1) is 20.4. The summed E-state index contributed by atoms with van der Waals surface area (Å²) in [7, 11) is -3.47. The Bertz CT molecular complexity index is 1180. The van der Waals surface area contributed by atoms with Gasteiger partial charge in [0.1, 0.15) is 12.1 Å². The number of fused-ring (bicyclic) bond motifs is 1. The van der Waals surface area contributed by atoms with Crippen LogP contribution in [0.3, 0.4) is 0 Å². The molecule has 1 fully saturated rings. The third kappa shape index (κ3) is 4.15. The van der Waals surface area contributed by atoms with Gasteiger partial charge in [-0.25, -0.2) is 17.8 Å². The molecule has 0 N–H and O–H groups in total. The summed E-state index contributed by atoms with van der Waals surface area (Å²) < 4.78 is 46.4. The molecule has 0 atom stereocenters. The molecule has 6 nitrogen and oxygen atoms in total. The lowest BCUT2D eigenvalue weighted by Gasteiger charge is -2.33. The Morgan fingerprint density at radius 2 is 1.71 bits per heavy atom. The molecular weight excluding hydrogens is 417 g/mol. The predicted octanol–water partition coefficient (Wildman–Crippen LogP) is 3.48. The van der Waals surface area contributed by atoms with Crippen molar-refractivity contribution >= 4 is 10.0 Å². The van der Waals surface area contributed by atoms with E-state index in [1.165, 1.54) is 23.3 Å². The summed E-state index contributed by atoms with van der Waals surface area (Å²) in [6, 6.07) is 11.6. The van der Waals surface area contributed by atoms with Gasteiger partial charge in [0, 0.05) is 38.3 Å². The number of rotatable bonds is 5. The minimum atomic E-state index is -3.47. The lowest BCUT2D eigenvalue weighted by Crippen LogP contribution is -2.48. The molecule has 0 amide bonds. The molecule has 5 rings (SSSR count). The summed E-state index contributed by atoms with van der Waals surface area (Å²) in [5, 5.41) is 0. The van der Waals surface area contributed by atoms with Crippen LogP contribution in [0.5, 0.6) is 0 Å². The van der Waals surface area contributed by atoms with Crippen molar-refractivity contribution in [3.63, 3.8) is 0 Å². The second-order valence-corrected chi connectivity index (χ2v) is 10.1. The Morgan fingerprint density at radius 1 is 0.968 bits per heavy atom. The Hall–Kier alpha value is -2.55. The van der Waals surface area contributed by atoms with E-state index < -0.39 is 10.0 Å². The summed E-state index contributed by atoms with van der Waals surface area (Å²) in [6.07, 6.45) is 4.71. The van der Waals surface area contributed by atoms with Crippen LogP contribution in [0.4, 0.5) is 4.39 Å². The molecule has 0 bridgehead atoms. The highest BCUT2D eigenvalue weighted by atomic mass is 32.2. The van der Waals surface area contributed by atoms with Crippen LogP contribution in [0.2, 0.25) is 0 Å². The van der Waals surface area contributed by atoms with Gasteiger partial charge in [0.15, 0.2) is 0 Å². The van der Waals surface area contributed by atoms with E-state index >= 15 is 0 Å². The van der Waals surface area contributed by atoms with E-state index in [4.69, 9.17) is 4.42 Å². The zero-order valence-corrected chi connectivity index (χ0v) is 17.9. The maximum absolute atomic E-state index is 13.1. The van der Waals surface area contributed by atoms with Crippen molar-refractivity contribution in [2.75, 3.05) is 26.2 Å². The number of halogens is 1. The average Bonchev–Trinajstić information content (AvgIpc) is 3.43. The van der Waals surface area contributed by atoms with Crippen LogP contribution in [0, 0.1) is 5.82 Å². The van der Waals surface area contributed by atoms with Gasteiger partial charge in [-0.3, -0.25) is 4.90 Å². The van der Waals surface area contributed by atoms with Crippen molar-refractivity contribution < 1.29 is 17.2 Å². The van der Waals surface area contributed by atoms with Gasteiger partial charge in [-0.05, 0) is 66.8 Å². The van der Waals surface area contributed by atoms with Crippen LogP contribution >= 0.6 is 0 Å². The second-order valence-electron chi connectivity index (χ2n) is 8.12. The molecule has 3 aromatic rings. The number of hydrogen-bond donors (Lipinski definition) is 0. The first-order chi connectivity index (χ1) is 15.0. The molecule has 2 heterocycles. The van der Waals surface area contributed by atoms with E-state index in [1.54, 1.807) is 28.8 Å². The molecule has 162 valence electrons. The van der Waals surface area contributed by atoms with Gasteiger partial charge in [0.05, 0.1) is 10.6 Å². The summed E-state index contributed by atoms with van der Waals surface area (Å²) in [5.41, 5.74) is 3.94. The van der Waals surface area contributed by atoms with Crippen molar-refractivity contribution in [1.82, 2.24) is 14.2 Å². The Kier molecular flexibility index (Phi) is 5.37. The van der Waals surface area contributed by atoms with Crippen LogP contribution in [0.1, 0.15) is 23.2 Å². The molecule has 31 heavy (non-hydrogen) atoms. The minimum absolute atomic E-state index is 0.303. The van der Waals surface area contributed by atoms with Crippen molar-refractivity contribution in [3.8, 4) is 11.5 Å². The number of aryl methyl sites for hydroxylation is 2. The molecule has 0 spiro atoms. The molecule has 0 radical (unpaired) electrons. The van der Waals surface area contributed by atoms with Crippen LogP contribution in [0.15, 0.2) is 58.0 Å². The molecule has 0 saturated carbocycles. The average molecular weight is 442 g/mol. The van der Waals surface area contributed by atoms with Gasteiger partial charge in [0.25, 0.3) is 0 Å². The fourth-order valence-corrected chi connectivity index (χ4v) is 5.79. The van der Waals surface area contributed by atoms with Crippen molar-refractivity contribution in [1.29, 1.82) is 0 Å². The Labute approximate surface area is 181 Å². The van der Waals surface area contributed by atoms with E-state index in [0.717, 1.165) is 30.5 Å². The second kappa shape index (κ2) is 8.18. The number of hydrogen-bond acceptors (Lipinski definition) is 5. The van der Waals surface area contributed by atoms with Crippen LogP contribution < -0.4 is 0 Å². The van der Waals surface area contributed by atoms with Crippen LogP contribution in [0.25, 0.3) is 11.5 Å². The Balaban J connectivity index is 1.21. The van der Waals surface area contributed by atoms with E-state index in [-0.39, 0.29) is 5.82 Å². The number of piperazine rings is 1. The zero-order valence-electron chi connectivity index (χ0n) is 17.1. The highest BCUT2D eigenvalue weighted by Gasteiger charge is 2.29. The van der Waals surface area contributed by atoms with Crippen molar-refractivity contribution in [3.05, 3.63) is 71.4 Å². The van der Waals surface area contributed by atoms with Crippen molar-refractivity contribution in [2.45, 2.75) is 30.7 Å². The summed E-state index contributed by atoms with van der Waals surface area (Å²) in [6.45, 7) is 2.73. The molecule has 1 saturated heterocycles. The topological polar surface area (TPSA) is 66.7 Å². The molecule has 2 aromatic carbocycles. The fraction of sp³-hybridized carbons (Fsp3) is 0.348. The number of nitrogens with zero attached hydrogens (tertiary/aromatic N) is 3. The number of benzene rings is 2. The highest BCUT2D eigenvalue weighted by molar-refractivity contribution is 7.89. The molecule has 1 aromatic heterocycles. The molecule has 8 heteroatoms. The zero-order chi connectivity index (χ0) is 21.4. The minimum Gasteiger partial charge on any atom is -0.444 e. The van der Waals surface area contributed by atoms with Gasteiger partial charge < -0.3 is 4.42 Å². The van der Waals surface area contributed by atoms with Gasteiger partial charge in [0.2, 0.25) is 15.9 Å². The predicted molar refractivity (Wildman–Crippen MR) is 114 cm³/mol. The monoisotopic (exact) mass is 441 g/mol. The highest BCUT2D eigenvalue weighted by Crippen LogP contribution is 2.27. The lowest BCUT2D eigenvalue weighted by molar-refractivity contribution is 0.180. The summed E-state index contributed by atoms with van der Waals surface area (Å²) >= 11 is 0. The van der Waals surface area contributed by atoms with Gasteiger partial charge in [-0.15, -0.1) is 0 Å². The van der Waals surface area contributed by atoms with E-state index in [0.29, 0.717) is 43.5 Å². The van der Waals surface area contributed by atoms with Gasteiger partial charge in [-0.1, -0.05) is 6.07 Å². The SMILES string of the molecule is O=S(=O)(c1ccc2c(c1)CCC2)N1CCN(Cc2coc(-c3ccc(F)cc3)n2)CC1. The third-order valence-electron chi connectivity index (χ3n) is 6.07. The van der Waals surface area contributed by atoms with Gasteiger partial charge in [-0.2, -0.15) is 4.31 Å². The molecular formula is C23H24FN3O3S. The molecule has 2 aliphatic rings. The van der Waals surface area contributed by atoms with E-state index in [1.807, 2.05) is 12.1 Å². The standard InChI is InChI=1S/C23H24FN3O3S/c24-20-7-4-18(5-8-20)23-25-21(16-30-23)15-26-10-12-27(13-11-26)31(28,29)22-9-6-17-2-1-3-19(17)14-22/h4-9,14,16H,1-3,10-13,15H2. The fourth-order valence-electron chi connectivity index (χ4n) is 4.32. The normalized spacial score (nSPS) is 17.7. The van der Waals surface area contributed by atoms with Crippen molar-refractivity contribution in [2.24, 2.45) is 0 Å².